The standard InChI is InChI=1S/C11H19N9/c1-6-9-13-10(19(5)17-9)14-18-15-11-12-8(4)16-20(11)7(2)3/h7H,6H2,1-5H3,(H,12,13,14,15,16,17). The second-order valence-corrected chi connectivity index (χ2v) is 4.64. The van der Waals surface area contributed by atoms with Crippen molar-refractivity contribution in [3.05, 3.63) is 11.6 Å². The van der Waals surface area contributed by atoms with E-state index in [1.807, 2.05) is 27.7 Å². The van der Waals surface area contributed by atoms with Crippen LogP contribution >= 0.6 is 0 Å². The Morgan fingerprint density at radius 2 is 2.00 bits per heavy atom. The summed E-state index contributed by atoms with van der Waals surface area (Å²) in [7, 11) is 1.80. The molecule has 108 valence electrons. The van der Waals surface area contributed by atoms with Gasteiger partial charge in [-0.15, -0.1) is 0 Å². The molecule has 2 heterocycles. The SMILES string of the molecule is CCc1nc(NN=Nc2nc(C)nn2C(C)C)n(C)n1. The normalized spacial score (nSPS) is 11.7. The third-order valence-electron chi connectivity index (χ3n) is 2.62. The van der Waals surface area contributed by atoms with Gasteiger partial charge in [0.1, 0.15) is 5.82 Å². The van der Waals surface area contributed by atoms with Gasteiger partial charge in [0.05, 0.1) is 6.04 Å². The average molecular weight is 277 g/mol. The lowest BCUT2D eigenvalue weighted by molar-refractivity contribution is 0.530. The maximum Gasteiger partial charge on any atom is 0.269 e. The van der Waals surface area contributed by atoms with Crippen LogP contribution in [0.25, 0.3) is 0 Å². The van der Waals surface area contributed by atoms with E-state index in [9.17, 15) is 0 Å². The molecule has 0 aliphatic rings. The van der Waals surface area contributed by atoms with Crippen LogP contribution in [0, 0.1) is 6.92 Å². The molecule has 0 spiro atoms. The van der Waals surface area contributed by atoms with Crippen molar-refractivity contribution in [2.45, 2.75) is 40.2 Å². The van der Waals surface area contributed by atoms with E-state index in [0.717, 1.165) is 12.2 Å². The van der Waals surface area contributed by atoms with Crippen molar-refractivity contribution in [2.24, 2.45) is 17.4 Å². The molecule has 0 amide bonds. The summed E-state index contributed by atoms with van der Waals surface area (Å²) >= 11 is 0. The third-order valence-corrected chi connectivity index (χ3v) is 2.62. The molecule has 0 aromatic carbocycles. The van der Waals surface area contributed by atoms with Crippen molar-refractivity contribution in [1.82, 2.24) is 29.5 Å². The van der Waals surface area contributed by atoms with E-state index in [4.69, 9.17) is 0 Å². The van der Waals surface area contributed by atoms with Gasteiger partial charge in [-0.1, -0.05) is 17.3 Å². The molecule has 0 bridgehead atoms. The van der Waals surface area contributed by atoms with Gasteiger partial charge in [-0.05, 0) is 20.8 Å². The van der Waals surface area contributed by atoms with Crippen molar-refractivity contribution < 1.29 is 0 Å². The lowest BCUT2D eigenvalue weighted by atomic mass is 10.4. The number of hydrogen-bond acceptors (Lipinski definition) is 6. The van der Waals surface area contributed by atoms with Crippen LogP contribution in [-0.2, 0) is 13.5 Å². The molecule has 0 fully saturated rings. The number of nitrogens with one attached hydrogen (secondary N) is 1. The lowest BCUT2D eigenvalue weighted by Gasteiger charge is -2.04. The van der Waals surface area contributed by atoms with Gasteiger partial charge in [0.25, 0.3) is 5.95 Å². The first-order valence-electron chi connectivity index (χ1n) is 6.51. The van der Waals surface area contributed by atoms with Crippen molar-refractivity contribution in [3.63, 3.8) is 0 Å². The molecular formula is C11H19N9. The van der Waals surface area contributed by atoms with Crippen LogP contribution in [0.5, 0.6) is 0 Å². The summed E-state index contributed by atoms with van der Waals surface area (Å²) in [4.78, 5) is 8.48. The molecule has 0 radical (unpaired) electrons. The highest BCUT2D eigenvalue weighted by Crippen LogP contribution is 2.15. The van der Waals surface area contributed by atoms with Gasteiger partial charge >= 0.3 is 0 Å². The third kappa shape index (κ3) is 2.98. The van der Waals surface area contributed by atoms with E-state index in [2.05, 4.69) is 35.9 Å². The first-order valence-corrected chi connectivity index (χ1v) is 6.51. The minimum Gasteiger partial charge on any atom is -0.233 e. The molecule has 0 atom stereocenters. The molecule has 1 N–H and O–H groups in total. The van der Waals surface area contributed by atoms with E-state index < -0.39 is 0 Å². The summed E-state index contributed by atoms with van der Waals surface area (Å²) in [6, 6.07) is 0.173. The largest absolute Gasteiger partial charge is 0.269 e. The van der Waals surface area contributed by atoms with E-state index in [0.29, 0.717) is 17.7 Å². The van der Waals surface area contributed by atoms with Crippen LogP contribution in [0.2, 0.25) is 0 Å². The highest BCUT2D eigenvalue weighted by atomic mass is 15.5. The fraction of sp³-hybridized carbons (Fsp3) is 0.636. The van der Waals surface area contributed by atoms with Crippen LogP contribution in [-0.4, -0.2) is 29.5 Å². The van der Waals surface area contributed by atoms with Crippen molar-refractivity contribution >= 4 is 11.9 Å². The van der Waals surface area contributed by atoms with Gasteiger partial charge in [0, 0.05) is 13.5 Å². The number of nitrogens with zero attached hydrogens (tertiary/aromatic N) is 8. The van der Waals surface area contributed by atoms with Gasteiger partial charge < -0.3 is 0 Å². The summed E-state index contributed by atoms with van der Waals surface area (Å²) in [5, 5.41) is 16.4. The molecule has 9 nitrogen and oxygen atoms in total. The summed E-state index contributed by atoms with van der Waals surface area (Å²) in [6.45, 7) is 7.84. The quantitative estimate of drug-likeness (QED) is 0.665. The smallest absolute Gasteiger partial charge is 0.233 e. The highest BCUT2D eigenvalue weighted by molar-refractivity contribution is 5.23. The molecular weight excluding hydrogens is 258 g/mol. The molecule has 2 rings (SSSR count). The fourth-order valence-electron chi connectivity index (χ4n) is 1.63. The Morgan fingerprint density at radius 3 is 2.60 bits per heavy atom. The number of aryl methyl sites for hydroxylation is 3. The Kier molecular flexibility index (Phi) is 4.06. The minimum atomic E-state index is 0.173. The fourth-order valence-corrected chi connectivity index (χ4v) is 1.63. The van der Waals surface area contributed by atoms with Gasteiger partial charge in [-0.3, -0.25) is 0 Å². The second kappa shape index (κ2) is 5.76. The minimum absolute atomic E-state index is 0.173. The van der Waals surface area contributed by atoms with Crippen LogP contribution in [0.15, 0.2) is 10.3 Å². The van der Waals surface area contributed by atoms with Crippen LogP contribution in [0.4, 0.5) is 11.9 Å². The van der Waals surface area contributed by atoms with Crippen LogP contribution in [0.1, 0.15) is 38.5 Å². The molecule has 20 heavy (non-hydrogen) atoms. The molecule has 0 unspecified atom stereocenters. The topological polar surface area (TPSA) is 98.2 Å². The Bertz CT molecular complexity index is 607. The Hall–Kier alpha value is -2.32. The average Bonchev–Trinajstić information content (AvgIpc) is 2.93. The van der Waals surface area contributed by atoms with E-state index in [1.165, 1.54) is 0 Å². The number of hydrogen-bond donors (Lipinski definition) is 1. The number of anilines is 1. The Balaban J connectivity index is 2.12. The van der Waals surface area contributed by atoms with E-state index in [-0.39, 0.29) is 6.04 Å². The predicted molar refractivity (Wildman–Crippen MR) is 73.7 cm³/mol. The zero-order chi connectivity index (χ0) is 14.7. The van der Waals surface area contributed by atoms with E-state index >= 15 is 0 Å². The molecule has 0 saturated heterocycles. The predicted octanol–water partition coefficient (Wildman–Crippen LogP) is 1.97. The lowest BCUT2D eigenvalue weighted by Crippen LogP contribution is -2.03. The Morgan fingerprint density at radius 1 is 1.25 bits per heavy atom. The zero-order valence-corrected chi connectivity index (χ0v) is 12.4. The van der Waals surface area contributed by atoms with Gasteiger partial charge in [-0.2, -0.15) is 20.2 Å². The summed E-state index contributed by atoms with van der Waals surface area (Å²) < 4.78 is 3.34. The van der Waals surface area contributed by atoms with Gasteiger partial charge in [0.2, 0.25) is 5.95 Å². The molecule has 2 aromatic rings. The maximum absolute atomic E-state index is 4.27. The second-order valence-electron chi connectivity index (χ2n) is 4.64. The molecule has 9 heteroatoms. The summed E-state index contributed by atoms with van der Waals surface area (Å²) in [5.41, 5.74) is 2.76. The van der Waals surface area contributed by atoms with Crippen molar-refractivity contribution in [1.29, 1.82) is 0 Å². The van der Waals surface area contributed by atoms with Gasteiger partial charge in [0.15, 0.2) is 5.82 Å². The summed E-state index contributed by atoms with van der Waals surface area (Å²) in [6.07, 6.45) is 0.771. The maximum atomic E-state index is 4.27. The van der Waals surface area contributed by atoms with Crippen molar-refractivity contribution in [3.8, 4) is 0 Å². The molecule has 0 saturated carbocycles. The van der Waals surface area contributed by atoms with Crippen LogP contribution < -0.4 is 5.43 Å². The number of rotatable bonds is 5. The number of aromatic nitrogens is 6. The monoisotopic (exact) mass is 277 g/mol. The Labute approximate surface area is 117 Å². The van der Waals surface area contributed by atoms with Crippen molar-refractivity contribution in [2.75, 3.05) is 5.43 Å². The van der Waals surface area contributed by atoms with Crippen LogP contribution in [0.3, 0.4) is 0 Å². The zero-order valence-electron chi connectivity index (χ0n) is 12.4. The first kappa shape index (κ1) is 14.1. The van der Waals surface area contributed by atoms with E-state index in [1.54, 1.807) is 16.4 Å². The first-order chi connectivity index (χ1) is 9.51. The summed E-state index contributed by atoms with van der Waals surface area (Å²) in [5.74, 6) is 2.42. The molecule has 0 aliphatic carbocycles. The van der Waals surface area contributed by atoms with Gasteiger partial charge in [-0.25, -0.2) is 14.8 Å². The highest BCUT2D eigenvalue weighted by Gasteiger charge is 2.09. The molecule has 2 aromatic heterocycles. The molecule has 0 aliphatic heterocycles.